The van der Waals surface area contributed by atoms with Crippen LogP contribution in [0.5, 0.6) is 5.75 Å². The lowest BCUT2D eigenvalue weighted by Crippen LogP contribution is -2.57. The molecule has 1 aromatic carbocycles. The predicted octanol–water partition coefficient (Wildman–Crippen LogP) is 1.95. The van der Waals surface area contributed by atoms with Crippen molar-refractivity contribution in [2.24, 2.45) is 7.05 Å². The molecule has 0 bridgehead atoms. The smallest absolute Gasteiger partial charge is 0.318 e. The van der Waals surface area contributed by atoms with E-state index in [9.17, 15) is 18.3 Å². The van der Waals surface area contributed by atoms with Crippen LogP contribution in [-0.2, 0) is 22.5 Å². The Labute approximate surface area is 195 Å². The van der Waals surface area contributed by atoms with E-state index in [0.717, 1.165) is 34.3 Å². The van der Waals surface area contributed by atoms with E-state index in [-0.39, 0.29) is 12.6 Å². The molecule has 2 N–H and O–H groups in total. The maximum absolute atomic E-state index is 13.2. The first kappa shape index (κ1) is 23.8. The Balaban J connectivity index is 1.89. The minimum atomic E-state index is -3.28. The summed E-state index contributed by atoms with van der Waals surface area (Å²) in [5.74, 6) is 0.736. The number of aliphatic hydroxyl groups is 1. The first-order valence-electron chi connectivity index (χ1n) is 11.4. The Morgan fingerprint density at radius 3 is 2.58 bits per heavy atom. The molecule has 1 atom stereocenters. The third kappa shape index (κ3) is 3.98. The Morgan fingerprint density at radius 2 is 2.00 bits per heavy atom. The van der Waals surface area contributed by atoms with Gasteiger partial charge in [-0.3, -0.25) is 0 Å². The zero-order valence-corrected chi connectivity index (χ0v) is 20.6. The number of piperidine rings is 1. The van der Waals surface area contributed by atoms with Gasteiger partial charge in [-0.2, -0.15) is 0 Å². The molecule has 4 rings (SSSR count). The Morgan fingerprint density at radius 1 is 1.30 bits per heavy atom. The van der Waals surface area contributed by atoms with Gasteiger partial charge in [0, 0.05) is 55.8 Å². The summed E-state index contributed by atoms with van der Waals surface area (Å²) in [4.78, 5) is 14.9. The molecule has 2 aromatic rings. The molecule has 182 valence electrons. The van der Waals surface area contributed by atoms with Gasteiger partial charge in [0.25, 0.3) is 0 Å². The highest BCUT2D eigenvalue weighted by Crippen LogP contribution is 2.50. The molecule has 0 saturated carbocycles. The number of amides is 2. The summed E-state index contributed by atoms with van der Waals surface area (Å²) in [5, 5.41) is 14.4. The number of fused-ring (bicyclic) bond motifs is 4. The molecule has 0 unspecified atom stereocenters. The van der Waals surface area contributed by atoms with E-state index in [1.165, 1.54) is 10.6 Å². The number of methoxy groups -OCH3 is 1. The van der Waals surface area contributed by atoms with E-state index in [2.05, 4.69) is 9.88 Å². The van der Waals surface area contributed by atoms with Crippen molar-refractivity contribution in [2.75, 3.05) is 46.2 Å². The van der Waals surface area contributed by atoms with Crippen molar-refractivity contribution in [1.82, 2.24) is 19.1 Å². The maximum Gasteiger partial charge on any atom is 0.318 e. The molecule has 0 radical (unpaired) electrons. The Hall–Kier alpha value is -2.30. The van der Waals surface area contributed by atoms with Crippen LogP contribution in [-0.4, -0.2) is 79.5 Å². The van der Waals surface area contributed by atoms with Gasteiger partial charge in [0.05, 0.1) is 31.5 Å². The van der Waals surface area contributed by atoms with E-state index >= 15 is 0 Å². The van der Waals surface area contributed by atoms with Gasteiger partial charge in [-0.1, -0.05) is 6.92 Å². The summed E-state index contributed by atoms with van der Waals surface area (Å²) in [5.41, 5.74) is 2.60. The lowest BCUT2D eigenvalue weighted by atomic mass is 9.68. The fourth-order valence-electron chi connectivity index (χ4n) is 5.56. The summed E-state index contributed by atoms with van der Waals surface area (Å²) < 4.78 is 33.4. The number of ether oxygens (including phenoxy) is 1. The van der Waals surface area contributed by atoms with Crippen LogP contribution in [0, 0.1) is 0 Å². The predicted molar refractivity (Wildman–Crippen MR) is 127 cm³/mol. The molecule has 2 amide bonds. The number of nitrogens with zero attached hydrogens (tertiary/aromatic N) is 3. The normalized spacial score (nSPS) is 20.8. The van der Waals surface area contributed by atoms with Crippen LogP contribution in [0.25, 0.3) is 10.9 Å². The number of carbonyl (C=O) groups excluding carboxylic acids is 1. The van der Waals surface area contributed by atoms with Crippen molar-refractivity contribution in [3.8, 4) is 5.75 Å². The quantitative estimate of drug-likeness (QED) is 0.684. The van der Waals surface area contributed by atoms with Gasteiger partial charge in [0.1, 0.15) is 5.75 Å². The van der Waals surface area contributed by atoms with Crippen LogP contribution in [0.4, 0.5) is 4.79 Å². The third-order valence-corrected chi connectivity index (χ3v) is 8.56. The topological polar surface area (TPSA) is 104 Å². The molecule has 1 saturated heterocycles. The maximum atomic E-state index is 13.2. The molecule has 2 aliphatic rings. The van der Waals surface area contributed by atoms with Crippen LogP contribution >= 0.6 is 0 Å². The monoisotopic (exact) mass is 478 g/mol. The standard InChI is InChI=1S/C23H34N4O5S/c1-5-10-24-22(29)27-15-23(8-11-26(12-9-23)33(4,30)31)20-17-7-6-16(32-3)13-18(17)25(2)21(20)19(27)14-28/h6-7,13,19,28H,5,8-12,14-15H2,1-4H3,(H,24,29)/t19-/m0/s1. The molecule has 9 nitrogen and oxygen atoms in total. The number of hydrogen-bond acceptors (Lipinski definition) is 5. The summed E-state index contributed by atoms with van der Waals surface area (Å²) in [6.45, 7) is 3.60. The van der Waals surface area contributed by atoms with Crippen LogP contribution in [0.15, 0.2) is 18.2 Å². The highest BCUT2D eigenvalue weighted by molar-refractivity contribution is 7.88. The number of nitrogens with one attached hydrogen (secondary N) is 1. The van der Waals surface area contributed by atoms with Crippen molar-refractivity contribution < 1.29 is 23.1 Å². The number of aromatic nitrogens is 1. The van der Waals surface area contributed by atoms with E-state index < -0.39 is 21.5 Å². The van der Waals surface area contributed by atoms with E-state index in [4.69, 9.17) is 4.74 Å². The van der Waals surface area contributed by atoms with Crippen LogP contribution in [0.1, 0.15) is 43.5 Å². The summed E-state index contributed by atoms with van der Waals surface area (Å²) in [6.07, 6.45) is 3.27. The average molecular weight is 479 g/mol. The second-order valence-electron chi connectivity index (χ2n) is 9.20. The van der Waals surface area contributed by atoms with E-state index in [1.807, 2.05) is 32.2 Å². The lowest BCUT2D eigenvalue weighted by molar-refractivity contribution is 0.0785. The molecular weight excluding hydrogens is 444 g/mol. The van der Waals surface area contributed by atoms with Crippen molar-refractivity contribution in [2.45, 2.75) is 37.6 Å². The highest BCUT2D eigenvalue weighted by Gasteiger charge is 2.50. The largest absolute Gasteiger partial charge is 0.497 e. The molecule has 2 aliphatic heterocycles. The molecule has 0 aliphatic carbocycles. The number of benzene rings is 1. The van der Waals surface area contributed by atoms with Crippen molar-refractivity contribution in [3.63, 3.8) is 0 Å². The minimum absolute atomic E-state index is 0.195. The van der Waals surface area contributed by atoms with Gasteiger partial charge in [-0.25, -0.2) is 17.5 Å². The molecule has 33 heavy (non-hydrogen) atoms. The van der Waals surface area contributed by atoms with Crippen molar-refractivity contribution in [1.29, 1.82) is 0 Å². The average Bonchev–Trinajstić information content (AvgIpc) is 3.10. The number of carbonyl (C=O) groups is 1. The number of urea groups is 1. The molecule has 1 fully saturated rings. The zero-order chi connectivity index (χ0) is 24.0. The Bertz CT molecular complexity index is 1150. The van der Waals surface area contributed by atoms with E-state index in [0.29, 0.717) is 39.0 Å². The van der Waals surface area contributed by atoms with Gasteiger partial charge >= 0.3 is 6.03 Å². The number of rotatable bonds is 5. The van der Waals surface area contributed by atoms with Gasteiger partial charge in [-0.15, -0.1) is 0 Å². The summed E-state index contributed by atoms with van der Waals surface area (Å²) >= 11 is 0. The van der Waals surface area contributed by atoms with E-state index in [1.54, 1.807) is 12.0 Å². The first-order chi connectivity index (χ1) is 15.7. The second-order valence-corrected chi connectivity index (χ2v) is 11.2. The number of hydrogen-bond donors (Lipinski definition) is 2. The lowest BCUT2D eigenvalue weighted by Gasteiger charge is -2.50. The van der Waals surface area contributed by atoms with Crippen LogP contribution in [0.3, 0.4) is 0 Å². The fraction of sp³-hybridized carbons (Fsp3) is 0.609. The van der Waals surface area contributed by atoms with Crippen LogP contribution in [0.2, 0.25) is 0 Å². The number of sulfonamides is 1. The van der Waals surface area contributed by atoms with Gasteiger partial charge in [0.15, 0.2) is 0 Å². The molecular formula is C23H34N4O5S. The van der Waals surface area contributed by atoms with Crippen molar-refractivity contribution >= 4 is 27.0 Å². The SMILES string of the molecule is CCCNC(=O)N1CC2(CCN(S(C)(=O)=O)CC2)c2c(n(C)c3cc(OC)ccc23)[C@@H]1CO. The second kappa shape index (κ2) is 8.81. The minimum Gasteiger partial charge on any atom is -0.497 e. The van der Waals surface area contributed by atoms with Gasteiger partial charge in [0.2, 0.25) is 10.0 Å². The van der Waals surface area contributed by atoms with Crippen LogP contribution < -0.4 is 10.1 Å². The van der Waals surface area contributed by atoms with Crippen molar-refractivity contribution in [3.05, 3.63) is 29.5 Å². The molecule has 3 heterocycles. The fourth-order valence-corrected chi connectivity index (χ4v) is 6.40. The first-order valence-corrected chi connectivity index (χ1v) is 13.3. The third-order valence-electron chi connectivity index (χ3n) is 7.26. The zero-order valence-electron chi connectivity index (χ0n) is 19.8. The Kier molecular flexibility index (Phi) is 6.36. The summed E-state index contributed by atoms with van der Waals surface area (Å²) in [6, 6.07) is 5.26. The molecule has 1 spiro atoms. The van der Waals surface area contributed by atoms with Gasteiger partial charge < -0.3 is 24.6 Å². The number of aryl methyl sites for hydroxylation is 1. The highest BCUT2D eigenvalue weighted by atomic mass is 32.2. The molecule has 10 heteroatoms. The summed E-state index contributed by atoms with van der Waals surface area (Å²) in [7, 11) is 0.299. The van der Waals surface area contributed by atoms with Gasteiger partial charge in [-0.05, 0) is 37.0 Å². The molecule has 1 aromatic heterocycles. The number of aliphatic hydroxyl groups excluding tert-OH is 1.